The van der Waals surface area contributed by atoms with E-state index in [1.54, 1.807) is 0 Å². The van der Waals surface area contributed by atoms with Gasteiger partial charge in [0.25, 0.3) is 0 Å². The quantitative estimate of drug-likeness (QED) is 0.492. The van der Waals surface area contributed by atoms with Crippen molar-refractivity contribution >= 4 is 23.0 Å². The lowest BCUT2D eigenvalue weighted by Gasteiger charge is -2.46. The van der Waals surface area contributed by atoms with Gasteiger partial charge >= 0.3 is 6.03 Å². The molecule has 8 nitrogen and oxygen atoms in total. The molecule has 210 valence electrons. The van der Waals surface area contributed by atoms with Gasteiger partial charge < -0.3 is 20.1 Å². The number of aromatic nitrogens is 2. The van der Waals surface area contributed by atoms with Crippen LogP contribution in [0.3, 0.4) is 0 Å². The molecule has 1 unspecified atom stereocenters. The molecule has 0 saturated carbocycles. The van der Waals surface area contributed by atoms with Crippen LogP contribution in [0, 0.1) is 6.92 Å². The molecule has 4 aliphatic heterocycles. The number of para-hydroxylation sites is 2. The minimum atomic E-state index is -0.440. The number of amides is 3. The maximum Gasteiger partial charge on any atom is 0.315 e. The van der Waals surface area contributed by atoms with Gasteiger partial charge in [-0.2, -0.15) is 0 Å². The summed E-state index contributed by atoms with van der Waals surface area (Å²) < 4.78 is 2.51. The van der Waals surface area contributed by atoms with Crippen molar-refractivity contribution < 1.29 is 9.59 Å². The molecular formula is C32H40N6O2. The smallest absolute Gasteiger partial charge is 0.315 e. The fourth-order valence-electron chi connectivity index (χ4n) is 8.24. The molecule has 4 fully saturated rings. The van der Waals surface area contributed by atoms with E-state index in [9.17, 15) is 9.59 Å². The van der Waals surface area contributed by atoms with Crippen molar-refractivity contribution in [2.75, 3.05) is 26.2 Å². The van der Waals surface area contributed by atoms with Crippen molar-refractivity contribution in [3.63, 3.8) is 0 Å². The standard InChI is InChI=1S/C32H40N6O2/c1-22-34-27-9-5-6-10-29(27)38(22)26-19-24-11-12-25(20-26)37(24)18-15-32(23-7-3-2-4-8-23)13-16-36(17-14-32)30(39)28-21-33-31(40)35-28/h2-10,24-26,28H,11-21H2,1H3,(H2,33,35,40)/t24-,25+,26+,28?. The Balaban J connectivity index is 1.05. The zero-order valence-corrected chi connectivity index (χ0v) is 23.4. The molecule has 2 N–H and O–H groups in total. The average Bonchev–Trinajstić information content (AvgIpc) is 3.64. The number of hydrogen-bond donors (Lipinski definition) is 2. The fraction of sp³-hybridized carbons (Fsp3) is 0.531. The maximum atomic E-state index is 13.1. The molecule has 40 heavy (non-hydrogen) atoms. The SMILES string of the molecule is Cc1nc2ccccc2n1[C@H]1C[C@H]2CC[C@@H](C1)N2CCC1(c2ccccc2)CCN(C(=O)C2CNC(=O)N2)CC1. The molecule has 0 spiro atoms. The second kappa shape index (κ2) is 10.2. The molecule has 3 amide bonds. The third kappa shape index (κ3) is 4.46. The summed E-state index contributed by atoms with van der Waals surface area (Å²) in [6.45, 7) is 5.12. The number of carbonyl (C=O) groups excluding carboxylic acids is 2. The Bertz CT molecular complexity index is 1380. The van der Waals surface area contributed by atoms with Crippen LogP contribution >= 0.6 is 0 Å². The van der Waals surface area contributed by atoms with Gasteiger partial charge in [-0.3, -0.25) is 9.69 Å². The molecule has 2 aromatic carbocycles. The number of nitrogens with one attached hydrogen (secondary N) is 2. The van der Waals surface area contributed by atoms with E-state index in [-0.39, 0.29) is 17.4 Å². The number of imidazole rings is 1. The van der Waals surface area contributed by atoms with Crippen LogP contribution in [-0.2, 0) is 10.2 Å². The second-order valence-corrected chi connectivity index (χ2v) is 12.4. The first-order chi connectivity index (χ1) is 19.5. The monoisotopic (exact) mass is 540 g/mol. The van der Waals surface area contributed by atoms with Crippen molar-refractivity contribution in [3.05, 3.63) is 66.0 Å². The summed E-state index contributed by atoms with van der Waals surface area (Å²) in [6.07, 6.45) is 8.00. The molecule has 4 aliphatic rings. The number of nitrogens with zero attached hydrogens (tertiary/aromatic N) is 4. The van der Waals surface area contributed by atoms with E-state index < -0.39 is 6.04 Å². The van der Waals surface area contributed by atoms with Crippen LogP contribution < -0.4 is 10.6 Å². The number of urea groups is 1. The van der Waals surface area contributed by atoms with Gasteiger partial charge in [-0.25, -0.2) is 9.78 Å². The number of fused-ring (bicyclic) bond motifs is 3. The number of rotatable bonds is 6. The molecule has 0 aliphatic carbocycles. The Morgan fingerprint density at radius 1 is 0.975 bits per heavy atom. The van der Waals surface area contributed by atoms with Crippen molar-refractivity contribution in [1.29, 1.82) is 0 Å². The summed E-state index contributed by atoms with van der Waals surface area (Å²) in [5, 5.41) is 5.48. The second-order valence-electron chi connectivity index (χ2n) is 12.4. The Kier molecular flexibility index (Phi) is 6.53. The number of carbonyl (C=O) groups is 2. The summed E-state index contributed by atoms with van der Waals surface area (Å²) in [5.74, 6) is 1.18. The van der Waals surface area contributed by atoms with Crippen molar-refractivity contribution in [3.8, 4) is 0 Å². The van der Waals surface area contributed by atoms with E-state index in [2.05, 4.69) is 81.6 Å². The van der Waals surface area contributed by atoms with E-state index in [0.717, 1.165) is 50.2 Å². The normalized spacial score (nSPS) is 28.0. The van der Waals surface area contributed by atoms with E-state index in [1.807, 2.05) is 4.90 Å². The Morgan fingerprint density at radius 3 is 2.38 bits per heavy atom. The molecule has 1 aromatic heterocycles. The summed E-state index contributed by atoms with van der Waals surface area (Å²) in [5.41, 5.74) is 3.86. The minimum absolute atomic E-state index is 0.0439. The lowest BCUT2D eigenvalue weighted by atomic mass is 9.70. The molecule has 4 atom stereocenters. The van der Waals surface area contributed by atoms with Crippen LogP contribution in [0.25, 0.3) is 11.0 Å². The zero-order chi connectivity index (χ0) is 27.3. The molecule has 7 rings (SSSR count). The minimum Gasteiger partial charge on any atom is -0.341 e. The van der Waals surface area contributed by atoms with E-state index in [1.165, 1.54) is 36.8 Å². The van der Waals surface area contributed by atoms with Gasteiger partial charge in [0.15, 0.2) is 0 Å². The maximum absolute atomic E-state index is 13.1. The van der Waals surface area contributed by atoms with Crippen LogP contribution in [-0.4, -0.2) is 75.6 Å². The number of piperidine rings is 2. The predicted octanol–water partition coefficient (Wildman–Crippen LogP) is 4.14. The highest BCUT2D eigenvalue weighted by atomic mass is 16.2. The first kappa shape index (κ1) is 25.6. The topological polar surface area (TPSA) is 82.5 Å². The molecule has 0 radical (unpaired) electrons. The average molecular weight is 541 g/mol. The van der Waals surface area contributed by atoms with Gasteiger partial charge in [-0.15, -0.1) is 0 Å². The van der Waals surface area contributed by atoms with Gasteiger partial charge in [-0.05, 0) is 81.5 Å². The van der Waals surface area contributed by atoms with Gasteiger partial charge in [0.1, 0.15) is 11.9 Å². The summed E-state index contributed by atoms with van der Waals surface area (Å²) in [7, 11) is 0. The van der Waals surface area contributed by atoms with Crippen molar-refractivity contribution in [2.24, 2.45) is 0 Å². The summed E-state index contributed by atoms with van der Waals surface area (Å²) in [6, 6.07) is 20.6. The largest absolute Gasteiger partial charge is 0.341 e. The van der Waals surface area contributed by atoms with E-state index in [0.29, 0.717) is 24.7 Å². The predicted molar refractivity (Wildman–Crippen MR) is 155 cm³/mol. The Labute approximate surface area is 236 Å². The summed E-state index contributed by atoms with van der Waals surface area (Å²) >= 11 is 0. The molecule has 4 saturated heterocycles. The van der Waals surface area contributed by atoms with Crippen molar-refractivity contribution in [1.82, 2.24) is 30.0 Å². The molecular weight excluding hydrogens is 500 g/mol. The zero-order valence-electron chi connectivity index (χ0n) is 23.4. The van der Waals surface area contributed by atoms with Crippen LogP contribution in [0.4, 0.5) is 4.79 Å². The Hall–Kier alpha value is -3.39. The number of likely N-dealkylation sites (tertiary alicyclic amines) is 1. The van der Waals surface area contributed by atoms with E-state index >= 15 is 0 Å². The number of hydrogen-bond acceptors (Lipinski definition) is 4. The first-order valence-electron chi connectivity index (χ1n) is 15.1. The number of benzene rings is 2. The lowest BCUT2D eigenvalue weighted by Crippen LogP contribution is -2.52. The summed E-state index contributed by atoms with van der Waals surface area (Å²) in [4.78, 5) is 34.3. The van der Waals surface area contributed by atoms with Crippen LogP contribution in [0.2, 0.25) is 0 Å². The van der Waals surface area contributed by atoms with Crippen LogP contribution in [0.15, 0.2) is 54.6 Å². The first-order valence-corrected chi connectivity index (χ1v) is 15.1. The highest BCUT2D eigenvalue weighted by molar-refractivity contribution is 5.90. The molecule has 5 heterocycles. The van der Waals surface area contributed by atoms with Gasteiger partial charge in [0, 0.05) is 37.8 Å². The molecule has 3 aromatic rings. The van der Waals surface area contributed by atoms with E-state index in [4.69, 9.17) is 4.98 Å². The highest BCUT2D eigenvalue weighted by Gasteiger charge is 2.44. The Morgan fingerprint density at radius 2 is 1.68 bits per heavy atom. The van der Waals surface area contributed by atoms with Gasteiger partial charge in [0.05, 0.1) is 11.0 Å². The van der Waals surface area contributed by atoms with Crippen molar-refractivity contribution in [2.45, 2.75) is 81.5 Å². The van der Waals surface area contributed by atoms with Gasteiger partial charge in [0.2, 0.25) is 5.91 Å². The highest BCUT2D eigenvalue weighted by Crippen LogP contribution is 2.45. The van der Waals surface area contributed by atoms with Gasteiger partial charge in [-0.1, -0.05) is 42.5 Å². The third-order valence-electron chi connectivity index (χ3n) is 10.3. The molecule has 2 bridgehead atoms. The number of aryl methyl sites for hydroxylation is 1. The lowest BCUT2D eigenvalue weighted by molar-refractivity contribution is -0.134. The van der Waals surface area contributed by atoms with Crippen LogP contribution in [0.1, 0.15) is 62.4 Å². The van der Waals surface area contributed by atoms with Crippen LogP contribution in [0.5, 0.6) is 0 Å². The molecule has 8 heteroatoms. The fourth-order valence-corrected chi connectivity index (χ4v) is 8.24. The third-order valence-corrected chi connectivity index (χ3v) is 10.3.